The van der Waals surface area contributed by atoms with Crippen LogP contribution in [0.15, 0.2) is 40.6 Å². The molecule has 0 saturated heterocycles. The summed E-state index contributed by atoms with van der Waals surface area (Å²) in [7, 11) is 0. The maximum Gasteiger partial charge on any atom is 0.191 e. The zero-order valence-corrected chi connectivity index (χ0v) is 17.5. The molecule has 0 bridgehead atoms. The van der Waals surface area contributed by atoms with Gasteiger partial charge < -0.3 is 4.57 Å². The topological polar surface area (TPSA) is 73.6 Å². The van der Waals surface area contributed by atoms with Crippen molar-refractivity contribution in [2.24, 2.45) is 0 Å². The Labute approximate surface area is 171 Å². The maximum atomic E-state index is 13.0. The fraction of sp³-hybridized carbons (Fsp3) is 0.316. The lowest BCUT2D eigenvalue weighted by molar-refractivity contribution is 0.102. The van der Waals surface area contributed by atoms with E-state index in [9.17, 15) is 9.18 Å². The van der Waals surface area contributed by atoms with Gasteiger partial charge in [-0.3, -0.25) is 4.79 Å². The van der Waals surface area contributed by atoms with Gasteiger partial charge in [-0.15, -0.1) is 10.2 Å². The van der Waals surface area contributed by atoms with Crippen LogP contribution in [0.5, 0.6) is 0 Å². The number of aryl methyl sites for hydroxylation is 2. The summed E-state index contributed by atoms with van der Waals surface area (Å²) in [6, 6.07) is 7.50. The van der Waals surface area contributed by atoms with Crippen LogP contribution in [0.1, 0.15) is 34.5 Å². The van der Waals surface area contributed by atoms with Gasteiger partial charge in [0.1, 0.15) is 11.6 Å². The summed E-state index contributed by atoms with van der Waals surface area (Å²) in [5.41, 5.74) is 2.35. The number of Topliss-reactive ketones (excluding diaryl/α,β-unsaturated/α-hetero) is 1. The van der Waals surface area contributed by atoms with Crippen LogP contribution < -0.4 is 0 Å². The quantitative estimate of drug-likeness (QED) is 0.310. The average molecular weight is 418 g/mol. The number of thioether (sulfide) groups is 2. The molecule has 0 unspecified atom stereocenters. The Morgan fingerprint density at radius 1 is 1.07 bits per heavy atom. The van der Waals surface area contributed by atoms with Gasteiger partial charge in [-0.25, -0.2) is 14.4 Å². The van der Waals surface area contributed by atoms with Crippen LogP contribution in [0.2, 0.25) is 0 Å². The van der Waals surface area contributed by atoms with Crippen LogP contribution in [-0.4, -0.2) is 36.3 Å². The first-order valence-corrected chi connectivity index (χ1v) is 10.7. The summed E-state index contributed by atoms with van der Waals surface area (Å²) < 4.78 is 15.0. The Morgan fingerprint density at radius 2 is 1.75 bits per heavy atom. The van der Waals surface area contributed by atoms with E-state index in [1.165, 1.54) is 47.8 Å². The molecular weight excluding hydrogens is 397 g/mol. The minimum Gasteiger partial charge on any atom is -0.306 e. The molecule has 146 valence electrons. The third kappa shape index (κ3) is 5.17. The third-order valence-electron chi connectivity index (χ3n) is 3.90. The second kappa shape index (κ2) is 9.29. The van der Waals surface area contributed by atoms with Gasteiger partial charge >= 0.3 is 0 Å². The van der Waals surface area contributed by atoms with E-state index in [1.54, 1.807) is 0 Å². The van der Waals surface area contributed by atoms with Gasteiger partial charge in [0.05, 0.1) is 11.5 Å². The van der Waals surface area contributed by atoms with Crippen molar-refractivity contribution in [1.29, 1.82) is 0 Å². The first-order chi connectivity index (χ1) is 13.5. The number of hydrogen-bond donors (Lipinski definition) is 0. The van der Waals surface area contributed by atoms with Gasteiger partial charge in [0.15, 0.2) is 16.1 Å². The van der Waals surface area contributed by atoms with Gasteiger partial charge in [0.2, 0.25) is 0 Å². The third-order valence-corrected chi connectivity index (χ3v) is 5.71. The molecule has 0 saturated carbocycles. The van der Waals surface area contributed by atoms with E-state index in [4.69, 9.17) is 0 Å². The van der Waals surface area contributed by atoms with Crippen LogP contribution in [0.3, 0.4) is 0 Å². The Hall–Kier alpha value is -2.26. The number of carbonyl (C=O) groups excluding carboxylic acids is 1. The van der Waals surface area contributed by atoms with Crippen molar-refractivity contribution in [3.63, 3.8) is 0 Å². The number of halogens is 1. The van der Waals surface area contributed by atoms with E-state index in [2.05, 4.69) is 20.2 Å². The molecule has 0 radical (unpaired) electrons. The lowest BCUT2D eigenvalue weighted by atomic mass is 10.1. The van der Waals surface area contributed by atoms with E-state index >= 15 is 0 Å². The van der Waals surface area contributed by atoms with Crippen LogP contribution in [0.4, 0.5) is 4.39 Å². The summed E-state index contributed by atoms with van der Waals surface area (Å²) in [4.78, 5) is 21.1. The molecule has 28 heavy (non-hydrogen) atoms. The molecule has 0 fully saturated rings. The van der Waals surface area contributed by atoms with Gasteiger partial charge in [-0.2, -0.15) is 0 Å². The number of nitrogens with zero attached hydrogens (tertiary/aromatic N) is 5. The van der Waals surface area contributed by atoms with Crippen molar-refractivity contribution in [2.45, 2.75) is 43.4 Å². The zero-order valence-electron chi connectivity index (χ0n) is 15.8. The molecule has 0 aliphatic heterocycles. The molecule has 0 amide bonds. The number of rotatable bonds is 8. The molecule has 2 aromatic heterocycles. The summed E-state index contributed by atoms with van der Waals surface area (Å²) in [6.45, 7) is 6.60. The number of carbonyl (C=O) groups is 1. The fourth-order valence-corrected chi connectivity index (χ4v) is 4.39. The molecule has 1 aromatic carbocycles. The normalized spacial score (nSPS) is 11.0. The minimum absolute atomic E-state index is 0.0739. The molecule has 0 N–H and O–H groups in total. The smallest absolute Gasteiger partial charge is 0.191 e. The molecule has 6 nitrogen and oxygen atoms in total. The van der Waals surface area contributed by atoms with E-state index in [-0.39, 0.29) is 17.4 Å². The Balaban J connectivity index is 1.64. The largest absolute Gasteiger partial charge is 0.306 e. The summed E-state index contributed by atoms with van der Waals surface area (Å²) in [5.74, 6) is 1.19. The molecule has 0 aliphatic carbocycles. The van der Waals surface area contributed by atoms with Crippen molar-refractivity contribution in [2.75, 3.05) is 5.75 Å². The second-order valence-corrected chi connectivity index (χ2v) is 7.97. The second-order valence-electron chi connectivity index (χ2n) is 6.08. The molecule has 3 rings (SSSR count). The highest BCUT2D eigenvalue weighted by Gasteiger charge is 2.15. The Kier molecular flexibility index (Phi) is 6.79. The summed E-state index contributed by atoms with van der Waals surface area (Å²) in [6.07, 6.45) is 0. The molecule has 3 aromatic rings. The van der Waals surface area contributed by atoms with Crippen molar-refractivity contribution in [1.82, 2.24) is 24.7 Å². The number of hydrogen-bond acceptors (Lipinski definition) is 7. The first-order valence-electron chi connectivity index (χ1n) is 8.75. The summed E-state index contributed by atoms with van der Waals surface area (Å²) in [5, 5.41) is 9.89. The van der Waals surface area contributed by atoms with Gasteiger partial charge in [0.25, 0.3) is 0 Å². The number of aromatic nitrogens is 5. The highest BCUT2D eigenvalue weighted by molar-refractivity contribution is 7.99. The van der Waals surface area contributed by atoms with Crippen LogP contribution in [0.25, 0.3) is 0 Å². The van der Waals surface area contributed by atoms with Crippen molar-refractivity contribution < 1.29 is 9.18 Å². The average Bonchev–Trinajstić information content (AvgIpc) is 3.06. The van der Waals surface area contributed by atoms with Crippen molar-refractivity contribution in [3.8, 4) is 0 Å². The van der Waals surface area contributed by atoms with Crippen molar-refractivity contribution in [3.05, 3.63) is 58.9 Å². The standard InChI is InChI=1S/C19H20FN5OS2/c1-4-25-17(11-27-18-21-12(2)9-13(3)22-18)23-24-19(25)28-10-16(26)14-5-7-15(20)8-6-14/h5-9H,4,10-11H2,1-3H3. The van der Waals surface area contributed by atoms with E-state index in [0.717, 1.165) is 17.2 Å². The van der Waals surface area contributed by atoms with Crippen LogP contribution >= 0.6 is 23.5 Å². The lowest BCUT2D eigenvalue weighted by Crippen LogP contribution is -2.06. The highest BCUT2D eigenvalue weighted by Crippen LogP contribution is 2.23. The predicted octanol–water partition coefficient (Wildman–Crippen LogP) is 4.11. The fourth-order valence-electron chi connectivity index (χ4n) is 2.59. The Bertz CT molecular complexity index is 955. The first kappa shape index (κ1) is 20.5. The van der Waals surface area contributed by atoms with Crippen LogP contribution in [-0.2, 0) is 12.3 Å². The number of benzene rings is 1. The van der Waals surface area contributed by atoms with Gasteiger partial charge in [-0.05, 0) is 51.1 Å². The zero-order chi connectivity index (χ0) is 20.1. The molecule has 0 spiro atoms. The van der Waals surface area contributed by atoms with Gasteiger partial charge in [0, 0.05) is 23.5 Å². The lowest BCUT2D eigenvalue weighted by Gasteiger charge is -2.07. The van der Waals surface area contributed by atoms with Crippen LogP contribution in [0, 0.1) is 19.7 Å². The predicted molar refractivity (Wildman–Crippen MR) is 108 cm³/mol. The van der Waals surface area contributed by atoms with E-state index in [0.29, 0.717) is 28.2 Å². The van der Waals surface area contributed by atoms with E-state index in [1.807, 2.05) is 31.4 Å². The van der Waals surface area contributed by atoms with E-state index < -0.39 is 0 Å². The SMILES string of the molecule is CCn1c(CSc2nc(C)cc(C)n2)nnc1SCC(=O)c1ccc(F)cc1. The van der Waals surface area contributed by atoms with Gasteiger partial charge in [-0.1, -0.05) is 23.5 Å². The molecule has 0 atom stereocenters. The molecule has 0 aliphatic rings. The van der Waals surface area contributed by atoms with Crippen molar-refractivity contribution >= 4 is 29.3 Å². The minimum atomic E-state index is -0.357. The highest BCUT2D eigenvalue weighted by atomic mass is 32.2. The Morgan fingerprint density at radius 3 is 2.39 bits per heavy atom. The molecule has 9 heteroatoms. The monoisotopic (exact) mass is 417 g/mol. The number of ketones is 1. The molecular formula is C19H20FN5OS2. The molecule has 2 heterocycles. The maximum absolute atomic E-state index is 13.0. The summed E-state index contributed by atoms with van der Waals surface area (Å²) >= 11 is 2.84.